The second kappa shape index (κ2) is 9.70. The van der Waals surface area contributed by atoms with Crippen LogP contribution in [0.25, 0.3) is 0 Å². The molecule has 24 heavy (non-hydrogen) atoms. The summed E-state index contributed by atoms with van der Waals surface area (Å²) >= 11 is 0. The average molecular weight is 328 g/mol. The molecule has 0 aliphatic heterocycles. The molecule has 2 rings (SSSR count). The van der Waals surface area contributed by atoms with Crippen LogP contribution in [0.15, 0.2) is 48.5 Å². The zero-order valence-electron chi connectivity index (χ0n) is 14.2. The maximum atomic E-state index is 12.6. The lowest BCUT2D eigenvalue weighted by Gasteiger charge is -2.11. The van der Waals surface area contributed by atoms with Crippen LogP contribution in [0, 0.1) is 0 Å². The van der Waals surface area contributed by atoms with E-state index >= 15 is 0 Å². The van der Waals surface area contributed by atoms with E-state index in [4.69, 9.17) is 9.47 Å². The van der Waals surface area contributed by atoms with Crippen LogP contribution in [0.2, 0.25) is 0 Å². The standard InChI is InChI=1S/C19H24N2O3/c1-20-11-10-15-6-3-4-9-18(15)19(22)21-16-7-5-8-17(14-16)24-13-12-23-2/h3-9,14,20H,10-13H2,1-2H3,(H,21,22). The van der Waals surface area contributed by atoms with E-state index in [0.717, 1.165) is 18.5 Å². The quantitative estimate of drug-likeness (QED) is 0.695. The SMILES string of the molecule is CNCCc1ccccc1C(=O)Nc1cccc(OCCOC)c1. The van der Waals surface area contributed by atoms with Crippen LogP contribution < -0.4 is 15.4 Å². The number of anilines is 1. The van der Waals surface area contributed by atoms with Gasteiger partial charge in [0.25, 0.3) is 5.91 Å². The summed E-state index contributed by atoms with van der Waals surface area (Å²) in [5, 5.41) is 6.04. The average Bonchev–Trinajstić information content (AvgIpc) is 2.61. The van der Waals surface area contributed by atoms with Crippen molar-refractivity contribution < 1.29 is 14.3 Å². The summed E-state index contributed by atoms with van der Waals surface area (Å²) in [6.07, 6.45) is 0.806. The molecule has 0 bridgehead atoms. The Bertz CT molecular complexity index is 659. The first kappa shape index (κ1) is 18.0. The van der Waals surface area contributed by atoms with Crippen molar-refractivity contribution in [1.29, 1.82) is 0 Å². The van der Waals surface area contributed by atoms with E-state index in [-0.39, 0.29) is 5.91 Å². The van der Waals surface area contributed by atoms with Gasteiger partial charge in [-0.1, -0.05) is 24.3 Å². The molecule has 0 atom stereocenters. The van der Waals surface area contributed by atoms with Crippen molar-refractivity contribution in [1.82, 2.24) is 5.32 Å². The van der Waals surface area contributed by atoms with Gasteiger partial charge in [-0.25, -0.2) is 0 Å². The Hall–Kier alpha value is -2.37. The molecule has 0 aromatic heterocycles. The second-order valence-electron chi connectivity index (χ2n) is 5.33. The minimum absolute atomic E-state index is 0.115. The Morgan fingerprint density at radius 1 is 1.08 bits per heavy atom. The maximum Gasteiger partial charge on any atom is 0.255 e. The number of rotatable bonds is 9. The minimum atomic E-state index is -0.115. The van der Waals surface area contributed by atoms with Crippen molar-refractivity contribution in [2.75, 3.05) is 39.2 Å². The molecular weight excluding hydrogens is 304 g/mol. The summed E-state index contributed by atoms with van der Waals surface area (Å²) in [5.74, 6) is 0.587. The van der Waals surface area contributed by atoms with Crippen molar-refractivity contribution in [3.63, 3.8) is 0 Å². The first-order valence-corrected chi connectivity index (χ1v) is 8.00. The maximum absolute atomic E-state index is 12.6. The topological polar surface area (TPSA) is 59.6 Å². The monoisotopic (exact) mass is 328 g/mol. The highest BCUT2D eigenvalue weighted by molar-refractivity contribution is 6.05. The number of carbonyl (C=O) groups is 1. The number of carbonyl (C=O) groups excluding carboxylic acids is 1. The van der Waals surface area contributed by atoms with Gasteiger partial charge in [-0.3, -0.25) is 4.79 Å². The van der Waals surface area contributed by atoms with E-state index in [1.807, 2.05) is 55.6 Å². The number of amides is 1. The Morgan fingerprint density at radius 2 is 1.92 bits per heavy atom. The lowest BCUT2D eigenvalue weighted by atomic mass is 10.0. The van der Waals surface area contributed by atoms with Gasteiger partial charge in [0.15, 0.2) is 0 Å². The number of hydrogen-bond acceptors (Lipinski definition) is 4. The van der Waals surface area contributed by atoms with Gasteiger partial charge in [-0.15, -0.1) is 0 Å². The molecule has 0 aliphatic rings. The zero-order chi connectivity index (χ0) is 17.2. The highest BCUT2D eigenvalue weighted by Crippen LogP contribution is 2.19. The lowest BCUT2D eigenvalue weighted by Crippen LogP contribution is -2.17. The number of methoxy groups -OCH3 is 1. The molecule has 0 spiro atoms. The van der Waals surface area contributed by atoms with Gasteiger partial charge in [0.1, 0.15) is 12.4 Å². The van der Waals surface area contributed by atoms with Gasteiger partial charge >= 0.3 is 0 Å². The molecule has 0 unspecified atom stereocenters. The predicted octanol–water partition coefficient (Wildman–Crippen LogP) is 2.73. The van der Waals surface area contributed by atoms with Gasteiger partial charge in [0, 0.05) is 24.4 Å². The summed E-state index contributed by atoms with van der Waals surface area (Å²) in [6, 6.07) is 15.0. The fraction of sp³-hybridized carbons (Fsp3) is 0.316. The van der Waals surface area contributed by atoms with Crippen molar-refractivity contribution in [2.24, 2.45) is 0 Å². The molecule has 0 saturated heterocycles. The normalized spacial score (nSPS) is 10.4. The number of benzene rings is 2. The Balaban J connectivity index is 2.05. The third-order valence-electron chi connectivity index (χ3n) is 3.55. The molecule has 5 heteroatoms. The lowest BCUT2D eigenvalue weighted by molar-refractivity contribution is 0.102. The fourth-order valence-electron chi connectivity index (χ4n) is 2.32. The third-order valence-corrected chi connectivity index (χ3v) is 3.55. The van der Waals surface area contributed by atoms with Crippen LogP contribution >= 0.6 is 0 Å². The van der Waals surface area contributed by atoms with E-state index in [0.29, 0.717) is 30.2 Å². The van der Waals surface area contributed by atoms with Crippen molar-refractivity contribution in [3.8, 4) is 5.75 Å². The van der Waals surface area contributed by atoms with Crippen LogP contribution in [-0.2, 0) is 11.2 Å². The molecule has 2 aromatic rings. The van der Waals surface area contributed by atoms with Gasteiger partial charge in [-0.05, 0) is 43.8 Å². The molecule has 1 amide bonds. The molecule has 0 aliphatic carbocycles. The first-order valence-electron chi connectivity index (χ1n) is 8.00. The number of ether oxygens (including phenoxy) is 2. The number of nitrogens with one attached hydrogen (secondary N) is 2. The minimum Gasteiger partial charge on any atom is -0.491 e. The number of likely N-dealkylation sites (N-methyl/N-ethyl adjacent to an activating group) is 1. The molecule has 0 radical (unpaired) electrons. The predicted molar refractivity (Wildman–Crippen MR) is 95.8 cm³/mol. The fourth-order valence-corrected chi connectivity index (χ4v) is 2.32. The smallest absolute Gasteiger partial charge is 0.255 e. The first-order chi connectivity index (χ1) is 11.7. The second-order valence-corrected chi connectivity index (χ2v) is 5.33. The van der Waals surface area contributed by atoms with Crippen molar-refractivity contribution in [3.05, 3.63) is 59.7 Å². The Morgan fingerprint density at radius 3 is 2.71 bits per heavy atom. The van der Waals surface area contributed by atoms with E-state index in [9.17, 15) is 4.79 Å². The highest BCUT2D eigenvalue weighted by Gasteiger charge is 2.11. The van der Waals surface area contributed by atoms with E-state index < -0.39 is 0 Å². The summed E-state index contributed by atoms with van der Waals surface area (Å²) < 4.78 is 10.5. The van der Waals surface area contributed by atoms with Gasteiger partial charge in [0.05, 0.1) is 6.61 Å². The van der Waals surface area contributed by atoms with Crippen LogP contribution in [0.5, 0.6) is 5.75 Å². The van der Waals surface area contributed by atoms with Crippen molar-refractivity contribution >= 4 is 11.6 Å². The summed E-state index contributed by atoms with van der Waals surface area (Å²) in [4.78, 5) is 12.6. The van der Waals surface area contributed by atoms with E-state index in [1.165, 1.54) is 0 Å². The third kappa shape index (κ3) is 5.37. The largest absolute Gasteiger partial charge is 0.491 e. The molecule has 0 heterocycles. The Labute approximate surface area is 143 Å². The summed E-state index contributed by atoms with van der Waals surface area (Å²) in [7, 11) is 3.53. The number of hydrogen-bond donors (Lipinski definition) is 2. The van der Waals surface area contributed by atoms with Crippen LogP contribution in [0.3, 0.4) is 0 Å². The zero-order valence-corrected chi connectivity index (χ0v) is 14.2. The molecule has 0 saturated carbocycles. The van der Waals surface area contributed by atoms with Crippen LogP contribution in [0.4, 0.5) is 5.69 Å². The molecular formula is C19H24N2O3. The van der Waals surface area contributed by atoms with E-state index in [1.54, 1.807) is 7.11 Å². The molecule has 2 N–H and O–H groups in total. The molecule has 0 fully saturated rings. The van der Waals surface area contributed by atoms with Gasteiger partial charge in [0.2, 0.25) is 0 Å². The summed E-state index contributed by atoms with van der Waals surface area (Å²) in [5.41, 5.74) is 2.42. The summed E-state index contributed by atoms with van der Waals surface area (Å²) in [6.45, 7) is 1.82. The van der Waals surface area contributed by atoms with Gasteiger partial charge < -0.3 is 20.1 Å². The Kier molecular flexibility index (Phi) is 7.26. The molecule has 2 aromatic carbocycles. The van der Waals surface area contributed by atoms with Crippen LogP contribution in [0.1, 0.15) is 15.9 Å². The van der Waals surface area contributed by atoms with E-state index in [2.05, 4.69) is 10.6 Å². The van der Waals surface area contributed by atoms with Gasteiger partial charge in [-0.2, -0.15) is 0 Å². The highest BCUT2D eigenvalue weighted by atomic mass is 16.5. The van der Waals surface area contributed by atoms with Crippen LogP contribution in [-0.4, -0.2) is 39.8 Å². The molecule has 5 nitrogen and oxygen atoms in total. The molecule has 128 valence electrons. The van der Waals surface area contributed by atoms with Crippen molar-refractivity contribution in [2.45, 2.75) is 6.42 Å².